The average Bonchev–Trinajstić information content (AvgIpc) is 3.10. The van der Waals surface area contributed by atoms with E-state index in [0.29, 0.717) is 5.92 Å². The van der Waals surface area contributed by atoms with Gasteiger partial charge in [0.05, 0.1) is 0 Å². The van der Waals surface area contributed by atoms with E-state index in [1.807, 2.05) is 49.2 Å². The summed E-state index contributed by atoms with van der Waals surface area (Å²) in [7, 11) is 1.91. The number of benzene rings is 1. The topological polar surface area (TPSA) is 46.3 Å². The summed E-state index contributed by atoms with van der Waals surface area (Å²) in [5, 5.41) is 0. The molecule has 1 aromatic carbocycles. The molecule has 2 bridgehead atoms. The largest absolute Gasteiger partial charge is 0.344 e. The lowest BCUT2D eigenvalue weighted by Crippen LogP contribution is -2.50. The fourth-order valence-electron chi connectivity index (χ4n) is 4.34. The van der Waals surface area contributed by atoms with Crippen molar-refractivity contribution in [3.63, 3.8) is 0 Å². The van der Waals surface area contributed by atoms with E-state index in [1.165, 1.54) is 25.7 Å². The van der Waals surface area contributed by atoms with Gasteiger partial charge in [0.25, 0.3) is 0 Å². The lowest BCUT2D eigenvalue weighted by atomic mass is 9.87. The minimum Gasteiger partial charge on any atom is -0.344 e. The summed E-state index contributed by atoms with van der Waals surface area (Å²) >= 11 is 0. The molecule has 0 radical (unpaired) electrons. The summed E-state index contributed by atoms with van der Waals surface area (Å²) < 4.78 is 0. The summed E-state index contributed by atoms with van der Waals surface area (Å²) in [6.45, 7) is 2.68. The summed E-state index contributed by atoms with van der Waals surface area (Å²) in [6.07, 6.45) is 5.44. The molecule has 4 atom stereocenters. The number of nitrogens with two attached hydrogens (primary N) is 1. The smallest absolute Gasteiger partial charge is 0.246 e. The van der Waals surface area contributed by atoms with Gasteiger partial charge in [0.2, 0.25) is 5.91 Å². The van der Waals surface area contributed by atoms with Gasteiger partial charge in [-0.05, 0) is 49.5 Å². The van der Waals surface area contributed by atoms with Crippen LogP contribution in [-0.4, -0.2) is 24.4 Å². The zero-order chi connectivity index (χ0) is 15.0. The van der Waals surface area contributed by atoms with E-state index < -0.39 is 5.54 Å². The zero-order valence-electron chi connectivity index (χ0n) is 13.1. The maximum absolute atomic E-state index is 12.8. The Morgan fingerprint density at radius 3 is 2.57 bits per heavy atom. The molecule has 0 heterocycles. The molecule has 0 aliphatic heterocycles. The average molecular weight is 286 g/mol. The lowest BCUT2D eigenvalue weighted by Gasteiger charge is -2.33. The number of amides is 1. The van der Waals surface area contributed by atoms with Crippen molar-refractivity contribution in [2.75, 3.05) is 13.6 Å². The summed E-state index contributed by atoms with van der Waals surface area (Å²) in [5.74, 6) is 2.47. The lowest BCUT2D eigenvalue weighted by molar-refractivity contribution is -0.136. The van der Waals surface area contributed by atoms with Crippen molar-refractivity contribution >= 4 is 5.91 Å². The van der Waals surface area contributed by atoms with Crippen molar-refractivity contribution in [3.8, 4) is 0 Å². The maximum Gasteiger partial charge on any atom is 0.246 e. The molecule has 4 unspecified atom stereocenters. The molecular formula is C18H26N2O. The zero-order valence-corrected chi connectivity index (χ0v) is 13.1. The third-order valence-electron chi connectivity index (χ3n) is 5.56. The predicted molar refractivity (Wildman–Crippen MR) is 84.6 cm³/mol. The highest BCUT2D eigenvalue weighted by Gasteiger charge is 2.41. The second-order valence-electron chi connectivity index (χ2n) is 7.19. The van der Waals surface area contributed by atoms with Crippen molar-refractivity contribution in [3.05, 3.63) is 35.9 Å². The first-order valence-electron chi connectivity index (χ1n) is 8.08. The van der Waals surface area contributed by atoms with Gasteiger partial charge in [0.15, 0.2) is 0 Å². The molecule has 1 amide bonds. The van der Waals surface area contributed by atoms with Gasteiger partial charge in [-0.2, -0.15) is 0 Å². The van der Waals surface area contributed by atoms with Crippen LogP contribution in [0.25, 0.3) is 0 Å². The van der Waals surface area contributed by atoms with Gasteiger partial charge in [0, 0.05) is 13.6 Å². The predicted octanol–water partition coefficient (Wildman–Crippen LogP) is 2.76. The van der Waals surface area contributed by atoms with Crippen LogP contribution >= 0.6 is 0 Å². The van der Waals surface area contributed by atoms with Gasteiger partial charge in [-0.1, -0.05) is 36.8 Å². The molecular weight excluding hydrogens is 260 g/mol. The normalized spacial score (nSPS) is 30.1. The summed E-state index contributed by atoms with van der Waals surface area (Å²) in [6, 6.07) is 9.68. The molecule has 1 aromatic rings. The minimum absolute atomic E-state index is 0.0245. The van der Waals surface area contributed by atoms with Crippen LogP contribution in [0.3, 0.4) is 0 Å². The number of hydrogen-bond donors (Lipinski definition) is 1. The molecule has 114 valence electrons. The van der Waals surface area contributed by atoms with Crippen LogP contribution in [0.5, 0.6) is 0 Å². The van der Waals surface area contributed by atoms with Crippen LogP contribution in [0, 0.1) is 17.8 Å². The summed E-state index contributed by atoms with van der Waals surface area (Å²) in [4.78, 5) is 14.6. The van der Waals surface area contributed by atoms with Crippen LogP contribution in [0.15, 0.2) is 30.3 Å². The molecule has 2 fully saturated rings. The summed E-state index contributed by atoms with van der Waals surface area (Å²) in [5.41, 5.74) is 6.29. The molecule has 3 heteroatoms. The first kappa shape index (κ1) is 14.6. The molecule has 2 N–H and O–H groups in total. The van der Waals surface area contributed by atoms with Crippen molar-refractivity contribution < 1.29 is 4.79 Å². The molecule has 2 saturated carbocycles. The van der Waals surface area contributed by atoms with Crippen molar-refractivity contribution in [1.82, 2.24) is 4.90 Å². The standard InChI is InChI=1S/C18H26N2O/c1-18(19,16-6-4-3-5-7-16)17(21)20(2)12-15-11-13-8-9-14(15)10-13/h3-7,13-15H,8-12,19H2,1-2H3. The first-order chi connectivity index (χ1) is 9.98. The number of carbonyl (C=O) groups excluding carboxylic acids is 1. The number of fused-ring (bicyclic) bond motifs is 2. The highest BCUT2D eigenvalue weighted by Crippen LogP contribution is 2.48. The second-order valence-corrected chi connectivity index (χ2v) is 7.19. The molecule has 21 heavy (non-hydrogen) atoms. The van der Waals surface area contributed by atoms with Crippen LogP contribution in [0.1, 0.15) is 38.2 Å². The van der Waals surface area contributed by atoms with E-state index in [1.54, 1.807) is 0 Å². The molecule has 0 spiro atoms. The Balaban J connectivity index is 1.67. The quantitative estimate of drug-likeness (QED) is 0.925. The van der Waals surface area contributed by atoms with E-state index in [2.05, 4.69) is 0 Å². The van der Waals surface area contributed by atoms with Crippen LogP contribution < -0.4 is 5.73 Å². The van der Waals surface area contributed by atoms with E-state index >= 15 is 0 Å². The van der Waals surface area contributed by atoms with Gasteiger partial charge >= 0.3 is 0 Å². The third kappa shape index (κ3) is 2.71. The van der Waals surface area contributed by atoms with E-state index in [4.69, 9.17) is 5.73 Å². The number of likely N-dealkylation sites (N-methyl/N-ethyl adjacent to an activating group) is 1. The van der Waals surface area contributed by atoms with Gasteiger partial charge in [-0.25, -0.2) is 0 Å². The van der Waals surface area contributed by atoms with E-state index in [0.717, 1.165) is 23.9 Å². The molecule has 0 saturated heterocycles. The number of hydrogen-bond acceptors (Lipinski definition) is 2. The van der Waals surface area contributed by atoms with E-state index in [9.17, 15) is 4.79 Å². The molecule has 0 aromatic heterocycles. The van der Waals surface area contributed by atoms with Crippen molar-refractivity contribution in [1.29, 1.82) is 0 Å². The second kappa shape index (κ2) is 5.45. The Labute approximate surface area is 127 Å². The fourth-order valence-corrected chi connectivity index (χ4v) is 4.34. The van der Waals surface area contributed by atoms with Crippen LogP contribution in [-0.2, 0) is 10.3 Å². The van der Waals surface area contributed by atoms with Crippen molar-refractivity contribution in [2.45, 2.75) is 38.1 Å². The molecule has 3 rings (SSSR count). The van der Waals surface area contributed by atoms with Gasteiger partial charge in [-0.15, -0.1) is 0 Å². The molecule has 2 aliphatic rings. The van der Waals surface area contributed by atoms with Crippen LogP contribution in [0.4, 0.5) is 0 Å². The third-order valence-corrected chi connectivity index (χ3v) is 5.56. The monoisotopic (exact) mass is 286 g/mol. The Kier molecular flexibility index (Phi) is 3.78. The Morgan fingerprint density at radius 2 is 2.00 bits per heavy atom. The Bertz CT molecular complexity index is 511. The number of rotatable bonds is 4. The molecule has 2 aliphatic carbocycles. The van der Waals surface area contributed by atoms with Gasteiger partial charge in [0.1, 0.15) is 5.54 Å². The number of nitrogens with zero attached hydrogens (tertiary/aromatic N) is 1. The fraction of sp³-hybridized carbons (Fsp3) is 0.611. The SMILES string of the molecule is CN(CC1CC2CCC1C2)C(=O)C(C)(N)c1ccccc1. The Hall–Kier alpha value is -1.35. The maximum atomic E-state index is 12.8. The first-order valence-corrected chi connectivity index (χ1v) is 8.08. The van der Waals surface area contributed by atoms with Crippen LogP contribution in [0.2, 0.25) is 0 Å². The highest BCUT2D eigenvalue weighted by atomic mass is 16.2. The number of carbonyl (C=O) groups is 1. The van der Waals surface area contributed by atoms with Gasteiger partial charge in [-0.3, -0.25) is 4.79 Å². The Morgan fingerprint density at radius 1 is 1.29 bits per heavy atom. The van der Waals surface area contributed by atoms with Gasteiger partial charge < -0.3 is 10.6 Å². The van der Waals surface area contributed by atoms with Crippen molar-refractivity contribution in [2.24, 2.45) is 23.5 Å². The highest BCUT2D eigenvalue weighted by molar-refractivity contribution is 5.86. The van der Waals surface area contributed by atoms with E-state index in [-0.39, 0.29) is 5.91 Å². The molecule has 3 nitrogen and oxygen atoms in total. The minimum atomic E-state index is -0.937.